The predicted molar refractivity (Wildman–Crippen MR) is 104 cm³/mol. The van der Waals surface area contributed by atoms with Crippen LogP contribution in [-0.2, 0) is 4.84 Å². The zero-order chi connectivity index (χ0) is 19.7. The molecule has 0 spiro atoms. The lowest BCUT2D eigenvalue weighted by atomic mass is 9.80. The summed E-state index contributed by atoms with van der Waals surface area (Å²) in [6.07, 6.45) is 0. The highest BCUT2D eigenvalue weighted by Crippen LogP contribution is 2.49. The van der Waals surface area contributed by atoms with Gasteiger partial charge in [-0.1, -0.05) is 30.3 Å². The molecule has 1 heterocycles. The molecule has 0 aliphatic carbocycles. The van der Waals surface area contributed by atoms with Crippen LogP contribution in [0.2, 0.25) is 0 Å². The smallest absolute Gasteiger partial charge is 0.366 e. The van der Waals surface area contributed by atoms with Crippen LogP contribution in [0.25, 0.3) is 0 Å². The van der Waals surface area contributed by atoms with Crippen molar-refractivity contribution in [1.82, 2.24) is 0 Å². The van der Waals surface area contributed by atoms with Crippen molar-refractivity contribution in [2.24, 2.45) is 5.16 Å². The lowest BCUT2D eigenvalue weighted by Gasteiger charge is -2.29. The molecule has 7 heteroatoms. The van der Waals surface area contributed by atoms with Gasteiger partial charge in [0.1, 0.15) is 28.2 Å². The third-order valence-corrected chi connectivity index (χ3v) is 4.57. The maximum atomic E-state index is 12.5. The van der Waals surface area contributed by atoms with Gasteiger partial charge in [0, 0.05) is 29.2 Å². The van der Waals surface area contributed by atoms with Crippen LogP contribution in [0, 0.1) is 0 Å². The maximum Gasteiger partial charge on any atom is 0.366 e. The zero-order valence-electron chi connectivity index (χ0n) is 14.3. The number of fused-ring (bicyclic) bond motifs is 2. The Morgan fingerprint density at radius 2 is 1.57 bits per heavy atom. The minimum atomic E-state index is -0.667. The lowest BCUT2D eigenvalue weighted by Crippen LogP contribution is -2.15. The molecule has 0 atom stereocenters. The fourth-order valence-corrected chi connectivity index (χ4v) is 3.40. The summed E-state index contributed by atoms with van der Waals surface area (Å²) < 4.78 is 5.88. The van der Waals surface area contributed by atoms with Crippen LogP contribution >= 0.6 is 12.2 Å². The topological polar surface area (TPSA) is 88.4 Å². The number of phenolic OH excluding ortho intramolecular Hbond substituents is 2. The molecular weight excluding hydrogens is 378 g/mol. The molecular formula is C21H13NO5S. The van der Waals surface area contributed by atoms with Crippen LogP contribution in [-0.4, -0.2) is 21.3 Å². The molecule has 0 radical (unpaired) electrons. The summed E-state index contributed by atoms with van der Waals surface area (Å²) in [4.78, 5) is 17.3. The average molecular weight is 391 g/mol. The van der Waals surface area contributed by atoms with Gasteiger partial charge in [-0.05, 0) is 41.1 Å². The number of hydrogen-bond donors (Lipinski definition) is 2. The molecule has 4 rings (SSSR count). The third-order valence-electron chi connectivity index (χ3n) is 4.49. The fourth-order valence-electron chi connectivity index (χ4n) is 3.36. The summed E-state index contributed by atoms with van der Waals surface area (Å²) in [7, 11) is 0. The van der Waals surface area contributed by atoms with Gasteiger partial charge in [0.15, 0.2) is 0 Å². The van der Waals surface area contributed by atoms with Gasteiger partial charge < -0.3 is 19.8 Å². The standard InChI is InChI=1S/C21H13NO5S/c23-12-5-7-16-18(9-12)26-19-10-13(24)6-8-17(19)20(16)14-3-1-2-4-15(14)21(25)27-22-11-28/h1-10,20,23-24H. The van der Waals surface area contributed by atoms with E-state index in [4.69, 9.17) is 9.57 Å². The van der Waals surface area contributed by atoms with E-state index in [1.807, 2.05) is 11.2 Å². The first-order valence-corrected chi connectivity index (χ1v) is 8.70. The fraction of sp³-hybridized carbons (Fsp3) is 0.0476. The van der Waals surface area contributed by atoms with Gasteiger partial charge in [-0.25, -0.2) is 4.79 Å². The number of rotatable bonds is 3. The molecule has 0 aromatic heterocycles. The zero-order valence-corrected chi connectivity index (χ0v) is 15.1. The molecule has 2 N–H and O–H groups in total. The summed E-state index contributed by atoms with van der Waals surface area (Å²) >= 11 is 4.45. The van der Waals surface area contributed by atoms with Gasteiger partial charge in [-0.15, -0.1) is 0 Å². The van der Waals surface area contributed by atoms with Crippen molar-refractivity contribution in [2.75, 3.05) is 0 Å². The largest absolute Gasteiger partial charge is 0.508 e. The van der Waals surface area contributed by atoms with Gasteiger partial charge in [-0.2, -0.15) is 0 Å². The number of hydrogen-bond acceptors (Lipinski definition) is 7. The number of nitrogens with zero attached hydrogens (tertiary/aromatic N) is 1. The molecule has 0 fully saturated rings. The van der Waals surface area contributed by atoms with Crippen molar-refractivity contribution in [3.8, 4) is 23.0 Å². The molecule has 28 heavy (non-hydrogen) atoms. The van der Waals surface area contributed by atoms with E-state index >= 15 is 0 Å². The highest BCUT2D eigenvalue weighted by atomic mass is 32.1. The van der Waals surface area contributed by atoms with Gasteiger partial charge in [0.2, 0.25) is 0 Å². The Hall–Kier alpha value is -3.67. The number of carbonyl (C=O) groups excluding carboxylic acids is 1. The van der Waals surface area contributed by atoms with E-state index in [-0.39, 0.29) is 17.4 Å². The molecule has 138 valence electrons. The van der Waals surface area contributed by atoms with Crippen molar-refractivity contribution in [1.29, 1.82) is 0 Å². The normalized spacial score (nSPS) is 12.1. The Balaban J connectivity index is 1.94. The monoisotopic (exact) mass is 391 g/mol. The highest BCUT2D eigenvalue weighted by Gasteiger charge is 2.32. The van der Waals surface area contributed by atoms with Crippen molar-refractivity contribution in [3.05, 3.63) is 82.9 Å². The quantitative estimate of drug-likeness (QED) is 0.230. The first-order valence-electron chi connectivity index (χ1n) is 8.29. The maximum absolute atomic E-state index is 12.5. The predicted octanol–water partition coefficient (Wildman–Crippen LogP) is 4.56. The molecule has 1 aliphatic rings. The van der Waals surface area contributed by atoms with Crippen molar-refractivity contribution in [3.63, 3.8) is 0 Å². The summed E-state index contributed by atoms with van der Waals surface area (Å²) in [5.74, 6) is -0.0974. The van der Waals surface area contributed by atoms with Crippen LogP contribution in [0.3, 0.4) is 0 Å². The number of isothiocyanates is 1. The van der Waals surface area contributed by atoms with Crippen molar-refractivity contribution >= 4 is 23.3 Å². The lowest BCUT2D eigenvalue weighted by molar-refractivity contribution is 0.0519. The van der Waals surface area contributed by atoms with Gasteiger partial charge in [0.05, 0.1) is 5.56 Å². The third kappa shape index (κ3) is 3.09. The number of thiocarbonyl (C=S) groups is 1. The Kier molecular flexibility index (Phi) is 4.53. The summed E-state index contributed by atoms with van der Waals surface area (Å²) in [6, 6.07) is 16.5. The molecule has 0 saturated carbocycles. The second kappa shape index (κ2) is 7.15. The minimum Gasteiger partial charge on any atom is -0.508 e. The second-order valence-corrected chi connectivity index (χ2v) is 6.31. The SMILES string of the molecule is O=C(ON=C=S)c1ccccc1C1c2ccc(O)cc2Oc2cc(O)ccc21. The Morgan fingerprint density at radius 3 is 2.18 bits per heavy atom. The number of benzene rings is 3. The van der Waals surface area contributed by atoms with Crippen LogP contribution in [0.1, 0.15) is 33.0 Å². The molecule has 3 aromatic rings. The van der Waals surface area contributed by atoms with Crippen molar-refractivity contribution < 1.29 is 24.6 Å². The summed E-state index contributed by atoms with van der Waals surface area (Å²) in [6.45, 7) is 0. The van der Waals surface area contributed by atoms with Crippen LogP contribution < -0.4 is 4.74 Å². The molecule has 0 bridgehead atoms. The van der Waals surface area contributed by atoms with Crippen LogP contribution in [0.15, 0.2) is 65.8 Å². The van der Waals surface area contributed by atoms with Crippen LogP contribution in [0.5, 0.6) is 23.0 Å². The van der Waals surface area contributed by atoms with E-state index in [1.54, 1.807) is 42.5 Å². The molecule has 1 aliphatic heterocycles. The molecule has 6 nitrogen and oxygen atoms in total. The first kappa shape index (κ1) is 17.7. The van der Waals surface area contributed by atoms with E-state index in [9.17, 15) is 15.0 Å². The minimum absolute atomic E-state index is 0.0455. The van der Waals surface area contributed by atoms with E-state index in [1.165, 1.54) is 12.1 Å². The molecule has 0 unspecified atom stereocenters. The number of phenols is 2. The van der Waals surface area contributed by atoms with Crippen LogP contribution in [0.4, 0.5) is 0 Å². The molecule has 0 amide bonds. The number of carbonyl (C=O) groups is 1. The Labute approximate surface area is 165 Å². The van der Waals surface area contributed by atoms with E-state index in [2.05, 4.69) is 17.4 Å². The van der Waals surface area contributed by atoms with Crippen molar-refractivity contribution in [2.45, 2.75) is 5.92 Å². The number of aromatic hydroxyl groups is 2. The van der Waals surface area contributed by atoms with E-state index < -0.39 is 5.97 Å². The Morgan fingerprint density at radius 1 is 0.964 bits per heavy atom. The van der Waals surface area contributed by atoms with E-state index in [0.29, 0.717) is 22.6 Å². The molecule has 0 saturated heterocycles. The second-order valence-electron chi connectivity index (χ2n) is 6.13. The summed E-state index contributed by atoms with van der Waals surface area (Å²) in [5.41, 5.74) is 2.49. The Bertz CT molecular complexity index is 1090. The molecule has 3 aromatic carbocycles. The number of ether oxygens (including phenoxy) is 1. The highest BCUT2D eigenvalue weighted by molar-refractivity contribution is 7.78. The van der Waals surface area contributed by atoms with Gasteiger partial charge >= 0.3 is 5.97 Å². The van der Waals surface area contributed by atoms with E-state index in [0.717, 1.165) is 11.1 Å². The summed E-state index contributed by atoms with van der Waals surface area (Å²) in [5, 5.41) is 25.0. The van der Waals surface area contributed by atoms with Gasteiger partial charge in [-0.3, -0.25) is 0 Å². The average Bonchev–Trinajstić information content (AvgIpc) is 2.70. The first-order chi connectivity index (χ1) is 13.6. The van der Waals surface area contributed by atoms with Gasteiger partial charge in [0.25, 0.3) is 0 Å².